The van der Waals surface area contributed by atoms with E-state index in [9.17, 15) is 4.79 Å². The first-order valence-corrected chi connectivity index (χ1v) is 5.64. The maximum atomic E-state index is 10.8. The summed E-state index contributed by atoms with van der Waals surface area (Å²) >= 11 is 0. The lowest BCUT2D eigenvalue weighted by atomic mass is 10.2. The average molecular weight is 259 g/mol. The third-order valence-electron chi connectivity index (χ3n) is 2.53. The zero-order valence-electron chi connectivity index (χ0n) is 10.4. The molecule has 0 amide bonds. The highest BCUT2D eigenvalue weighted by atomic mass is 16.5. The molecule has 2 rings (SSSR count). The number of nitrogens with zero attached hydrogens (tertiary/aromatic N) is 1. The summed E-state index contributed by atoms with van der Waals surface area (Å²) in [6.45, 7) is 0.320. The van der Waals surface area contributed by atoms with Crippen LogP contribution >= 0.6 is 0 Å². The fourth-order valence-corrected chi connectivity index (χ4v) is 1.50. The Morgan fingerprint density at radius 2 is 2.00 bits per heavy atom. The van der Waals surface area contributed by atoms with Gasteiger partial charge in [0.25, 0.3) is 0 Å². The Morgan fingerprint density at radius 3 is 2.63 bits per heavy atom. The normalized spacial score (nSPS) is 9.95. The van der Waals surface area contributed by atoms with Gasteiger partial charge < -0.3 is 14.6 Å². The van der Waals surface area contributed by atoms with Crippen LogP contribution in [0.15, 0.2) is 42.6 Å². The molecule has 5 nitrogen and oxygen atoms in total. The van der Waals surface area contributed by atoms with E-state index in [1.54, 1.807) is 7.11 Å². The van der Waals surface area contributed by atoms with Gasteiger partial charge in [0.1, 0.15) is 12.4 Å². The van der Waals surface area contributed by atoms with Gasteiger partial charge in [-0.05, 0) is 23.8 Å². The van der Waals surface area contributed by atoms with E-state index in [0.717, 1.165) is 11.3 Å². The molecule has 1 N–H and O–H groups in total. The molecule has 0 aliphatic carbocycles. The van der Waals surface area contributed by atoms with Gasteiger partial charge in [-0.2, -0.15) is 0 Å². The molecule has 0 aliphatic rings. The molecule has 98 valence electrons. The van der Waals surface area contributed by atoms with Crippen molar-refractivity contribution >= 4 is 5.97 Å². The number of carboxylic acid groups (broad SMARTS) is 1. The maximum Gasteiger partial charge on any atom is 0.335 e. The van der Waals surface area contributed by atoms with Crippen molar-refractivity contribution in [3.05, 3.63) is 53.7 Å². The second-order valence-electron chi connectivity index (χ2n) is 3.82. The Labute approximate surface area is 110 Å². The van der Waals surface area contributed by atoms with Crippen LogP contribution in [0.3, 0.4) is 0 Å². The Morgan fingerprint density at radius 1 is 1.26 bits per heavy atom. The molecule has 0 saturated heterocycles. The number of ether oxygens (including phenoxy) is 2. The Kier molecular flexibility index (Phi) is 3.97. The summed E-state index contributed by atoms with van der Waals surface area (Å²) in [5.41, 5.74) is 1.10. The number of carbonyl (C=O) groups is 1. The second kappa shape index (κ2) is 5.86. The van der Waals surface area contributed by atoms with Gasteiger partial charge in [0, 0.05) is 12.3 Å². The van der Waals surface area contributed by atoms with Crippen molar-refractivity contribution in [2.75, 3.05) is 7.11 Å². The number of methoxy groups -OCH3 is 1. The quantitative estimate of drug-likeness (QED) is 0.892. The summed E-state index contributed by atoms with van der Waals surface area (Å²) in [5.74, 6) is 0.0576. The third-order valence-corrected chi connectivity index (χ3v) is 2.53. The molecule has 0 radical (unpaired) electrons. The molecule has 1 aromatic carbocycles. The first-order valence-electron chi connectivity index (χ1n) is 5.64. The smallest absolute Gasteiger partial charge is 0.335 e. The zero-order chi connectivity index (χ0) is 13.7. The largest absolute Gasteiger partial charge is 0.497 e. The average Bonchev–Trinajstić information content (AvgIpc) is 2.46. The van der Waals surface area contributed by atoms with Gasteiger partial charge in [-0.3, -0.25) is 0 Å². The van der Waals surface area contributed by atoms with Crippen LogP contribution in [0.2, 0.25) is 0 Å². The molecule has 19 heavy (non-hydrogen) atoms. The van der Waals surface area contributed by atoms with Crippen molar-refractivity contribution in [1.82, 2.24) is 4.98 Å². The summed E-state index contributed by atoms with van der Waals surface area (Å²) in [5, 5.41) is 8.85. The Bertz CT molecular complexity index is 566. The van der Waals surface area contributed by atoms with E-state index in [0.29, 0.717) is 6.61 Å². The molecular formula is C14H13NO4. The SMILES string of the molecule is COc1ccc(COc2cc(C(=O)O)ccn2)cc1. The number of aromatic nitrogens is 1. The van der Waals surface area contributed by atoms with Gasteiger partial charge in [0.2, 0.25) is 5.88 Å². The molecule has 0 spiro atoms. The number of hydrogen-bond donors (Lipinski definition) is 1. The lowest BCUT2D eigenvalue weighted by molar-refractivity contribution is 0.0696. The lowest BCUT2D eigenvalue weighted by Crippen LogP contribution is -2.01. The summed E-state index contributed by atoms with van der Waals surface area (Å²) in [4.78, 5) is 14.8. The number of aromatic carboxylic acids is 1. The van der Waals surface area contributed by atoms with Crippen molar-refractivity contribution in [3.8, 4) is 11.6 Å². The topological polar surface area (TPSA) is 68.7 Å². The number of pyridine rings is 1. The van der Waals surface area contributed by atoms with E-state index in [4.69, 9.17) is 14.6 Å². The first kappa shape index (κ1) is 12.9. The van der Waals surface area contributed by atoms with Crippen molar-refractivity contribution in [2.45, 2.75) is 6.61 Å². The molecule has 0 saturated carbocycles. The maximum absolute atomic E-state index is 10.8. The molecule has 0 unspecified atom stereocenters. The fourth-order valence-electron chi connectivity index (χ4n) is 1.50. The summed E-state index contributed by atoms with van der Waals surface area (Å²) in [6, 6.07) is 10.2. The van der Waals surface area contributed by atoms with E-state index >= 15 is 0 Å². The Hall–Kier alpha value is -2.56. The molecule has 0 atom stereocenters. The standard InChI is InChI=1S/C14H13NO4/c1-18-12-4-2-10(3-5-12)9-19-13-8-11(14(16)17)6-7-15-13/h2-8H,9H2,1H3,(H,16,17). The van der Waals surface area contributed by atoms with E-state index in [2.05, 4.69) is 4.98 Å². The molecule has 0 fully saturated rings. The molecule has 1 aromatic heterocycles. The van der Waals surface area contributed by atoms with Crippen molar-refractivity contribution in [3.63, 3.8) is 0 Å². The molecule has 1 heterocycles. The van der Waals surface area contributed by atoms with Crippen molar-refractivity contribution in [1.29, 1.82) is 0 Å². The van der Waals surface area contributed by atoms with Crippen LogP contribution in [0.1, 0.15) is 15.9 Å². The Balaban J connectivity index is 2.01. The van der Waals surface area contributed by atoms with Crippen LogP contribution in [-0.4, -0.2) is 23.2 Å². The highest BCUT2D eigenvalue weighted by Gasteiger charge is 2.05. The summed E-state index contributed by atoms with van der Waals surface area (Å²) < 4.78 is 10.5. The van der Waals surface area contributed by atoms with Crippen LogP contribution in [0.4, 0.5) is 0 Å². The van der Waals surface area contributed by atoms with Crippen LogP contribution < -0.4 is 9.47 Å². The van der Waals surface area contributed by atoms with Gasteiger partial charge in [0.15, 0.2) is 0 Å². The summed E-state index contributed by atoms with van der Waals surface area (Å²) in [7, 11) is 1.60. The minimum absolute atomic E-state index is 0.153. The highest BCUT2D eigenvalue weighted by molar-refractivity contribution is 5.87. The molecule has 0 bridgehead atoms. The zero-order valence-corrected chi connectivity index (χ0v) is 10.4. The third kappa shape index (κ3) is 3.45. The van der Waals surface area contributed by atoms with Crippen molar-refractivity contribution in [2.24, 2.45) is 0 Å². The fraction of sp³-hybridized carbons (Fsp3) is 0.143. The first-order chi connectivity index (χ1) is 9.19. The predicted molar refractivity (Wildman–Crippen MR) is 68.5 cm³/mol. The number of carboxylic acids is 1. The van der Waals surface area contributed by atoms with Crippen LogP contribution in [-0.2, 0) is 6.61 Å². The van der Waals surface area contributed by atoms with E-state index in [1.165, 1.54) is 18.3 Å². The molecular weight excluding hydrogens is 246 g/mol. The van der Waals surface area contributed by atoms with Crippen molar-refractivity contribution < 1.29 is 19.4 Å². The molecule has 2 aromatic rings. The highest BCUT2D eigenvalue weighted by Crippen LogP contribution is 2.14. The van der Waals surface area contributed by atoms with Crippen LogP contribution in [0.25, 0.3) is 0 Å². The number of hydrogen-bond acceptors (Lipinski definition) is 4. The lowest BCUT2D eigenvalue weighted by Gasteiger charge is -2.06. The number of benzene rings is 1. The van der Waals surface area contributed by atoms with Gasteiger partial charge >= 0.3 is 5.97 Å². The van der Waals surface area contributed by atoms with Gasteiger partial charge in [0.05, 0.1) is 12.7 Å². The summed E-state index contributed by atoms with van der Waals surface area (Å²) in [6.07, 6.45) is 1.41. The predicted octanol–water partition coefficient (Wildman–Crippen LogP) is 2.37. The minimum atomic E-state index is -1.00. The van der Waals surface area contributed by atoms with Gasteiger partial charge in [-0.1, -0.05) is 12.1 Å². The van der Waals surface area contributed by atoms with E-state index in [-0.39, 0.29) is 11.4 Å². The minimum Gasteiger partial charge on any atom is -0.497 e. The van der Waals surface area contributed by atoms with E-state index in [1.807, 2.05) is 24.3 Å². The van der Waals surface area contributed by atoms with E-state index < -0.39 is 5.97 Å². The monoisotopic (exact) mass is 259 g/mol. The van der Waals surface area contributed by atoms with Gasteiger partial charge in [-0.25, -0.2) is 9.78 Å². The molecule has 5 heteroatoms. The van der Waals surface area contributed by atoms with Crippen LogP contribution in [0.5, 0.6) is 11.6 Å². The van der Waals surface area contributed by atoms with Crippen LogP contribution in [0, 0.1) is 0 Å². The molecule has 0 aliphatic heterocycles. The second-order valence-corrected chi connectivity index (χ2v) is 3.82. The number of rotatable bonds is 5. The van der Waals surface area contributed by atoms with Gasteiger partial charge in [-0.15, -0.1) is 0 Å².